The van der Waals surface area contributed by atoms with Crippen LogP contribution in [0.4, 0.5) is 4.79 Å². The Morgan fingerprint density at radius 3 is 2.26 bits per heavy atom. The molecule has 35 heavy (non-hydrogen) atoms. The quantitative estimate of drug-likeness (QED) is 0.343. The molecule has 1 aromatic carbocycles. The summed E-state index contributed by atoms with van der Waals surface area (Å²) < 4.78 is 5.18. The second kappa shape index (κ2) is 13.2. The van der Waals surface area contributed by atoms with Crippen LogP contribution >= 0.6 is 0 Å². The summed E-state index contributed by atoms with van der Waals surface area (Å²) in [5.41, 5.74) is 4.74. The summed E-state index contributed by atoms with van der Waals surface area (Å²) in [6.45, 7) is 8.13. The molecule has 3 atom stereocenters. The van der Waals surface area contributed by atoms with Gasteiger partial charge in [0.05, 0.1) is 12.5 Å². The number of phenols is 1. The maximum atomic E-state index is 13.5. The first kappa shape index (κ1) is 29.2. The van der Waals surface area contributed by atoms with Crippen molar-refractivity contribution >= 4 is 23.8 Å². The number of amides is 4. The summed E-state index contributed by atoms with van der Waals surface area (Å²) in [6.07, 6.45) is -0.0377. The number of carbonyl (C=O) groups excluding carboxylic acids is 4. The molecule has 3 unspecified atom stereocenters. The molecule has 0 aliphatic carbocycles. The van der Waals surface area contributed by atoms with Crippen LogP contribution in [0.1, 0.15) is 65.5 Å². The molecule has 0 aromatic heterocycles. The summed E-state index contributed by atoms with van der Waals surface area (Å²) in [7, 11) is 0. The van der Waals surface area contributed by atoms with E-state index >= 15 is 0 Å². The van der Waals surface area contributed by atoms with Crippen LogP contribution in [-0.2, 0) is 19.1 Å². The molecule has 0 bridgehead atoms. The zero-order valence-corrected chi connectivity index (χ0v) is 20.8. The van der Waals surface area contributed by atoms with Crippen LogP contribution in [0, 0.1) is 11.3 Å². The van der Waals surface area contributed by atoms with E-state index in [0.717, 1.165) is 11.3 Å². The fraction of sp³-hybridized carbons (Fsp3) is 0.542. The molecule has 0 aliphatic rings. The van der Waals surface area contributed by atoms with Crippen molar-refractivity contribution in [1.29, 1.82) is 5.26 Å². The molecule has 1 rings (SSSR count). The number of nitriles is 1. The number of carbonyl (C=O) groups is 4. The molecule has 0 heterocycles. The van der Waals surface area contributed by atoms with Gasteiger partial charge in [-0.25, -0.2) is 4.79 Å². The summed E-state index contributed by atoms with van der Waals surface area (Å²) in [6, 6.07) is 4.48. The van der Waals surface area contributed by atoms with Gasteiger partial charge in [-0.3, -0.25) is 14.4 Å². The lowest BCUT2D eigenvalue weighted by Crippen LogP contribution is -2.54. The number of alkyl carbamates (subject to hydrolysis) is 1. The lowest BCUT2D eigenvalue weighted by Gasteiger charge is -2.33. The lowest BCUT2D eigenvalue weighted by atomic mass is 10.0. The Balaban J connectivity index is 3.43. The summed E-state index contributed by atoms with van der Waals surface area (Å²) in [5, 5.41) is 24.3. The highest BCUT2D eigenvalue weighted by molar-refractivity contribution is 5.94. The first-order valence-corrected chi connectivity index (χ1v) is 11.3. The number of primary amides is 1. The van der Waals surface area contributed by atoms with Crippen LogP contribution in [0.3, 0.4) is 0 Å². The van der Waals surface area contributed by atoms with E-state index in [0.29, 0.717) is 12.0 Å². The normalized spacial score (nSPS) is 13.5. The Hall–Kier alpha value is -3.81. The second-order valence-electron chi connectivity index (χ2n) is 9.19. The molecule has 4 amide bonds. The zero-order chi connectivity index (χ0) is 26.8. The number of aromatic hydroxyl groups is 1. The predicted molar refractivity (Wildman–Crippen MR) is 128 cm³/mol. The van der Waals surface area contributed by atoms with Gasteiger partial charge in [0, 0.05) is 6.04 Å². The van der Waals surface area contributed by atoms with Crippen molar-refractivity contribution in [2.45, 2.75) is 77.6 Å². The Morgan fingerprint density at radius 2 is 1.77 bits per heavy atom. The van der Waals surface area contributed by atoms with Crippen molar-refractivity contribution in [1.82, 2.24) is 15.5 Å². The standard InChI is InChI=1S/C24H35N5O6/c1-6-7-15(2)27-21(32)20(16-8-10-17(30)11-9-16)29(13-12-25)22(33)18(14-19(26)31)28-23(34)35-24(3,4)5/h8-11,15,18,20,30H,6-7,13-14H2,1-5H3,(H2,26,31)(H,27,32)(H,28,34). The third-order valence-corrected chi connectivity index (χ3v) is 4.80. The van der Waals surface area contributed by atoms with E-state index in [2.05, 4.69) is 10.6 Å². The van der Waals surface area contributed by atoms with Gasteiger partial charge in [-0.05, 0) is 51.8 Å². The van der Waals surface area contributed by atoms with Gasteiger partial charge in [0.25, 0.3) is 0 Å². The van der Waals surface area contributed by atoms with E-state index in [-0.39, 0.29) is 11.8 Å². The van der Waals surface area contributed by atoms with Gasteiger partial charge < -0.3 is 31.1 Å². The Morgan fingerprint density at radius 1 is 1.17 bits per heavy atom. The molecule has 0 saturated heterocycles. The van der Waals surface area contributed by atoms with Gasteiger partial charge >= 0.3 is 6.09 Å². The van der Waals surface area contributed by atoms with Gasteiger partial charge in [-0.15, -0.1) is 0 Å². The van der Waals surface area contributed by atoms with Crippen LogP contribution in [-0.4, -0.2) is 58.1 Å². The molecule has 192 valence electrons. The van der Waals surface area contributed by atoms with Crippen molar-refractivity contribution in [2.75, 3.05) is 6.54 Å². The van der Waals surface area contributed by atoms with Crippen LogP contribution in [0.5, 0.6) is 5.75 Å². The van der Waals surface area contributed by atoms with E-state index in [1.807, 2.05) is 19.9 Å². The van der Waals surface area contributed by atoms with Crippen LogP contribution in [0.2, 0.25) is 0 Å². The number of benzene rings is 1. The van der Waals surface area contributed by atoms with Crippen molar-refractivity contribution in [3.05, 3.63) is 29.8 Å². The van der Waals surface area contributed by atoms with E-state index < -0.39 is 54.5 Å². The number of rotatable bonds is 11. The molecular formula is C24H35N5O6. The Kier molecular flexibility index (Phi) is 11.0. The number of nitrogens with zero attached hydrogens (tertiary/aromatic N) is 2. The molecule has 5 N–H and O–H groups in total. The van der Waals surface area contributed by atoms with E-state index in [1.54, 1.807) is 20.8 Å². The largest absolute Gasteiger partial charge is 0.508 e. The van der Waals surface area contributed by atoms with Gasteiger partial charge in [0.15, 0.2) is 0 Å². The van der Waals surface area contributed by atoms with Gasteiger partial charge in [-0.1, -0.05) is 25.5 Å². The van der Waals surface area contributed by atoms with E-state index in [9.17, 15) is 29.5 Å². The molecule has 11 heteroatoms. The molecule has 0 saturated carbocycles. The predicted octanol–water partition coefficient (Wildman–Crippen LogP) is 1.86. The molecular weight excluding hydrogens is 454 g/mol. The SMILES string of the molecule is CCCC(C)NC(=O)C(c1ccc(O)cc1)N(CC#N)C(=O)C(CC(N)=O)NC(=O)OC(C)(C)C. The highest BCUT2D eigenvalue weighted by Gasteiger charge is 2.37. The number of ether oxygens (including phenoxy) is 1. The van der Waals surface area contributed by atoms with Gasteiger partial charge in [0.2, 0.25) is 17.7 Å². The first-order chi connectivity index (χ1) is 16.3. The number of phenolic OH excluding ortho intramolecular Hbond substituents is 1. The minimum Gasteiger partial charge on any atom is -0.508 e. The van der Waals surface area contributed by atoms with Crippen LogP contribution in [0.25, 0.3) is 0 Å². The fourth-order valence-electron chi connectivity index (χ4n) is 3.38. The molecule has 0 spiro atoms. The minimum atomic E-state index is -1.48. The maximum Gasteiger partial charge on any atom is 0.408 e. The van der Waals surface area contributed by atoms with Crippen molar-refractivity contribution in [3.63, 3.8) is 0 Å². The fourth-order valence-corrected chi connectivity index (χ4v) is 3.38. The Bertz CT molecular complexity index is 935. The molecule has 11 nitrogen and oxygen atoms in total. The van der Waals surface area contributed by atoms with Crippen LogP contribution < -0.4 is 16.4 Å². The Labute approximate surface area is 205 Å². The third-order valence-electron chi connectivity index (χ3n) is 4.80. The summed E-state index contributed by atoms with van der Waals surface area (Å²) >= 11 is 0. The van der Waals surface area contributed by atoms with Crippen molar-refractivity contribution < 1.29 is 29.0 Å². The average Bonchev–Trinajstić information content (AvgIpc) is 2.72. The highest BCUT2D eigenvalue weighted by Crippen LogP contribution is 2.25. The molecule has 1 aromatic rings. The number of hydrogen-bond donors (Lipinski definition) is 4. The van der Waals surface area contributed by atoms with Crippen molar-refractivity contribution in [2.24, 2.45) is 5.73 Å². The molecule has 0 radical (unpaired) electrons. The van der Waals surface area contributed by atoms with E-state index in [1.165, 1.54) is 24.3 Å². The zero-order valence-electron chi connectivity index (χ0n) is 20.8. The smallest absolute Gasteiger partial charge is 0.408 e. The first-order valence-electron chi connectivity index (χ1n) is 11.3. The number of nitrogens with one attached hydrogen (secondary N) is 2. The average molecular weight is 490 g/mol. The summed E-state index contributed by atoms with van der Waals surface area (Å²) in [5.74, 6) is -2.36. The highest BCUT2D eigenvalue weighted by atomic mass is 16.6. The topological polar surface area (TPSA) is 175 Å². The third kappa shape index (κ3) is 9.92. The summed E-state index contributed by atoms with van der Waals surface area (Å²) in [4.78, 5) is 51.8. The van der Waals surface area contributed by atoms with Gasteiger partial charge in [0.1, 0.15) is 30.0 Å². The maximum absolute atomic E-state index is 13.5. The molecule has 0 fully saturated rings. The second-order valence-corrected chi connectivity index (χ2v) is 9.19. The van der Waals surface area contributed by atoms with Gasteiger partial charge in [-0.2, -0.15) is 5.26 Å². The lowest BCUT2D eigenvalue weighted by molar-refractivity contribution is -0.142. The number of nitrogens with two attached hydrogens (primary N) is 1. The molecule has 0 aliphatic heterocycles. The van der Waals surface area contributed by atoms with Crippen LogP contribution in [0.15, 0.2) is 24.3 Å². The minimum absolute atomic E-state index is 0.0522. The number of hydrogen-bond acceptors (Lipinski definition) is 7. The van der Waals surface area contributed by atoms with Crippen molar-refractivity contribution in [3.8, 4) is 11.8 Å². The monoisotopic (exact) mass is 489 g/mol. The van der Waals surface area contributed by atoms with E-state index in [4.69, 9.17) is 10.5 Å².